The van der Waals surface area contributed by atoms with Gasteiger partial charge in [0.05, 0.1) is 12.1 Å². The Morgan fingerprint density at radius 1 is 1.24 bits per heavy atom. The van der Waals surface area contributed by atoms with Crippen molar-refractivity contribution in [3.8, 4) is 0 Å². The fourth-order valence-electron chi connectivity index (χ4n) is 3.71. The van der Waals surface area contributed by atoms with E-state index in [4.69, 9.17) is 4.74 Å². The Morgan fingerprint density at radius 2 is 1.80 bits per heavy atom. The van der Waals surface area contributed by atoms with Crippen molar-refractivity contribution < 1.29 is 19.2 Å². The first-order valence-electron chi connectivity index (χ1n) is 9.16. The number of hydrogen-bond acceptors (Lipinski definition) is 5. The van der Waals surface area contributed by atoms with Crippen molar-refractivity contribution in [2.75, 3.05) is 13.1 Å². The highest BCUT2D eigenvalue weighted by Gasteiger charge is 2.51. The van der Waals surface area contributed by atoms with Crippen LogP contribution in [-0.4, -0.2) is 56.2 Å². The van der Waals surface area contributed by atoms with Crippen LogP contribution in [-0.2, 0) is 16.1 Å². The van der Waals surface area contributed by atoms with Crippen LogP contribution in [0.3, 0.4) is 0 Å². The lowest BCUT2D eigenvalue weighted by Gasteiger charge is -2.43. The summed E-state index contributed by atoms with van der Waals surface area (Å²) in [5.74, 6) is 0. The van der Waals surface area contributed by atoms with E-state index in [1.165, 1.54) is 0 Å². The van der Waals surface area contributed by atoms with Crippen molar-refractivity contribution >= 4 is 17.5 Å². The quantitative estimate of drug-likeness (QED) is 0.726. The van der Waals surface area contributed by atoms with Gasteiger partial charge in [-0.25, -0.2) is 4.79 Å². The molecule has 2 rings (SSSR count). The topological polar surface area (TPSA) is 84.9 Å². The summed E-state index contributed by atoms with van der Waals surface area (Å²) in [4.78, 5) is 14.0. The first-order valence-corrected chi connectivity index (χ1v) is 10.3. The molecule has 6 nitrogen and oxygen atoms in total. The van der Waals surface area contributed by atoms with E-state index in [1.807, 2.05) is 41.5 Å². The van der Waals surface area contributed by atoms with Crippen LogP contribution in [0, 0.1) is 5.41 Å². The third-order valence-electron chi connectivity index (χ3n) is 5.11. The summed E-state index contributed by atoms with van der Waals surface area (Å²) in [6.45, 7) is 12.7. The average molecular weight is 375 g/mol. The summed E-state index contributed by atoms with van der Waals surface area (Å²) in [5.41, 5.74) is -0.595. The van der Waals surface area contributed by atoms with Gasteiger partial charge in [-0.05, 0) is 72.6 Å². The number of piperidine rings is 1. The first kappa shape index (κ1) is 20.8. The number of amides is 1. The van der Waals surface area contributed by atoms with Crippen molar-refractivity contribution in [3.05, 3.63) is 0 Å². The minimum absolute atomic E-state index is 0.0170. The molecule has 1 aliphatic carbocycles. The second-order valence-corrected chi connectivity index (χ2v) is 11.5. The van der Waals surface area contributed by atoms with Gasteiger partial charge in [-0.2, -0.15) is 0 Å². The highest BCUT2D eigenvalue weighted by molar-refractivity contribution is 7.90. The number of rotatable bonds is 2. The zero-order valence-electron chi connectivity index (χ0n) is 16.4. The van der Waals surface area contributed by atoms with Crippen LogP contribution < -0.4 is 4.72 Å². The molecule has 2 fully saturated rings. The molecular weight excluding hydrogens is 340 g/mol. The van der Waals surface area contributed by atoms with Crippen LogP contribution in [0.15, 0.2) is 0 Å². The molecule has 1 spiro atoms. The fraction of sp³-hybridized carbons (Fsp3) is 0.944. The zero-order chi connectivity index (χ0) is 19.0. The third-order valence-corrected chi connectivity index (χ3v) is 6.72. The Kier molecular flexibility index (Phi) is 6.04. The lowest BCUT2D eigenvalue weighted by Crippen LogP contribution is -2.54. The van der Waals surface area contributed by atoms with Gasteiger partial charge in [0, 0.05) is 24.5 Å². The van der Waals surface area contributed by atoms with Crippen molar-refractivity contribution in [2.45, 2.75) is 89.7 Å². The number of hydrogen-bond donors (Lipinski definition) is 2. The molecule has 1 saturated heterocycles. The summed E-state index contributed by atoms with van der Waals surface area (Å²) < 4.78 is 20.9. The van der Waals surface area contributed by atoms with E-state index in [2.05, 4.69) is 4.72 Å². The molecule has 1 aliphatic heterocycles. The molecule has 2 aliphatic rings. The van der Waals surface area contributed by atoms with Crippen LogP contribution in [0.2, 0.25) is 0 Å². The molecule has 0 aromatic heterocycles. The summed E-state index contributed by atoms with van der Waals surface area (Å²) in [6, 6.07) is 0.0170. The van der Waals surface area contributed by atoms with E-state index in [1.54, 1.807) is 4.90 Å². The molecule has 7 heteroatoms. The number of aliphatic hydroxyl groups is 1. The van der Waals surface area contributed by atoms with Crippen molar-refractivity contribution in [3.63, 3.8) is 0 Å². The molecule has 3 atom stereocenters. The maximum atomic E-state index is 12.5. The minimum atomic E-state index is -1.17. The van der Waals surface area contributed by atoms with E-state index in [0.717, 1.165) is 12.8 Å². The zero-order valence-corrected chi connectivity index (χ0v) is 17.2. The predicted octanol–water partition coefficient (Wildman–Crippen LogP) is 2.58. The fourth-order valence-corrected chi connectivity index (χ4v) is 4.67. The molecule has 0 unspecified atom stereocenters. The van der Waals surface area contributed by atoms with E-state index >= 15 is 0 Å². The van der Waals surface area contributed by atoms with Gasteiger partial charge in [0.15, 0.2) is 0 Å². The molecule has 1 amide bonds. The number of carbonyl (C=O) groups excluding carboxylic acids is 1. The SMILES string of the molecule is CC(C)(C)OC(=O)N1CCC2(CC1)C[C@@H](O)C[C@H]2N[S@+]([O-])C(C)(C)C. The van der Waals surface area contributed by atoms with Crippen molar-refractivity contribution in [1.29, 1.82) is 0 Å². The molecule has 2 N–H and O–H groups in total. The molecular formula is C18H34N2O4S. The predicted molar refractivity (Wildman–Crippen MR) is 99.5 cm³/mol. The van der Waals surface area contributed by atoms with E-state index in [0.29, 0.717) is 25.9 Å². The summed E-state index contributed by atoms with van der Waals surface area (Å²) >= 11 is -1.17. The maximum absolute atomic E-state index is 12.5. The Labute approximate surface area is 155 Å². The molecule has 25 heavy (non-hydrogen) atoms. The normalized spacial score (nSPS) is 28.2. The van der Waals surface area contributed by atoms with Gasteiger partial charge in [-0.1, -0.05) is 0 Å². The van der Waals surface area contributed by atoms with Gasteiger partial charge >= 0.3 is 6.09 Å². The van der Waals surface area contributed by atoms with Gasteiger partial charge in [0.1, 0.15) is 10.3 Å². The standard InChI is InChI=1S/C18H34N2O4S/c1-16(2,3)24-15(22)20-9-7-18(8-10-20)12-13(21)11-14(18)19-25(23)17(4,5)6/h13-14,19,21H,7-12H2,1-6H3/t13-,14+,25+/m0/s1. The maximum Gasteiger partial charge on any atom is 0.410 e. The highest BCUT2D eigenvalue weighted by Crippen LogP contribution is 2.47. The Balaban J connectivity index is 2.00. The molecule has 146 valence electrons. The molecule has 0 bridgehead atoms. The largest absolute Gasteiger partial charge is 0.598 e. The Bertz CT molecular complexity index is 478. The number of nitrogens with zero attached hydrogens (tertiary/aromatic N) is 1. The molecule has 0 aromatic rings. The molecule has 1 heterocycles. The number of ether oxygens (including phenoxy) is 1. The van der Waals surface area contributed by atoms with E-state index in [-0.39, 0.29) is 28.4 Å². The summed E-state index contributed by atoms with van der Waals surface area (Å²) in [5, 5.41) is 10.2. The smallest absolute Gasteiger partial charge is 0.410 e. The molecule has 0 radical (unpaired) electrons. The van der Waals surface area contributed by atoms with Crippen LogP contribution in [0.4, 0.5) is 4.79 Å². The van der Waals surface area contributed by atoms with Gasteiger partial charge in [-0.3, -0.25) is 0 Å². The lowest BCUT2D eigenvalue weighted by atomic mass is 9.74. The van der Waals surface area contributed by atoms with Crippen molar-refractivity contribution in [2.24, 2.45) is 5.41 Å². The van der Waals surface area contributed by atoms with Crippen LogP contribution in [0.25, 0.3) is 0 Å². The summed E-state index contributed by atoms with van der Waals surface area (Å²) in [6.07, 6.45) is 2.26. The highest BCUT2D eigenvalue weighted by atomic mass is 32.2. The second kappa shape index (κ2) is 7.25. The molecule has 0 aromatic carbocycles. The van der Waals surface area contributed by atoms with Gasteiger partial charge in [0.2, 0.25) is 0 Å². The Hall–Kier alpha value is -0.500. The third kappa shape index (κ3) is 5.25. The summed E-state index contributed by atoms with van der Waals surface area (Å²) in [7, 11) is 0. The lowest BCUT2D eigenvalue weighted by molar-refractivity contribution is 0.00686. The van der Waals surface area contributed by atoms with E-state index < -0.39 is 17.0 Å². The number of carbonyl (C=O) groups is 1. The minimum Gasteiger partial charge on any atom is -0.598 e. The monoisotopic (exact) mass is 374 g/mol. The Morgan fingerprint density at radius 3 is 2.28 bits per heavy atom. The van der Waals surface area contributed by atoms with Crippen LogP contribution in [0.1, 0.15) is 67.2 Å². The molecule has 1 saturated carbocycles. The van der Waals surface area contributed by atoms with Gasteiger partial charge < -0.3 is 19.3 Å². The average Bonchev–Trinajstić information content (AvgIpc) is 2.72. The van der Waals surface area contributed by atoms with Crippen molar-refractivity contribution in [1.82, 2.24) is 9.62 Å². The number of likely N-dealkylation sites (tertiary alicyclic amines) is 1. The van der Waals surface area contributed by atoms with Crippen LogP contribution in [0.5, 0.6) is 0 Å². The number of nitrogens with one attached hydrogen (secondary N) is 1. The van der Waals surface area contributed by atoms with Crippen LogP contribution >= 0.6 is 0 Å². The first-order chi connectivity index (χ1) is 11.3. The van der Waals surface area contributed by atoms with E-state index in [9.17, 15) is 14.5 Å². The number of aliphatic hydroxyl groups excluding tert-OH is 1. The second-order valence-electron chi connectivity index (χ2n) is 9.47. The van der Waals surface area contributed by atoms with Gasteiger partial charge in [-0.15, -0.1) is 4.72 Å². The van der Waals surface area contributed by atoms with Gasteiger partial charge in [0.25, 0.3) is 0 Å².